The van der Waals surface area contributed by atoms with Crippen LogP contribution in [0.3, 0.4) is 0 Å². The third kappa shape index (κ3) is 4.11. The summed E-state index contributed by atoms with van der Waals surface area (Å²) in [6.07, 6.45) is 1.79. The quantitative estimate of drug-likeness (QED) is 0.662. The number of aromatic nitrogens is 1. The van der Waals surface area contributed by atoms with Crippen LogP contribution in [0.2, 0.25) is 0 Å². The number of pyridine rings is 1. The van der Waals surface area contributed by atoms with Crippen molar-refractivity contribution in [2.24, 2.45) is 5.84 Å². The van der Waals surface area contributed by atoms with Crippen molar-refractivity contribution in [3.8, 4) is 0 Å². The lowest BCUT2D eigenvalue weighted by Gasteiger charge is -2.23. The summed E-state index contributed by atoms with van der Waals surface area (Å²) in [6, 6.07) is 3.59. The summed E-state index contributed by atoms with van der Waals surface area (Å²) in [7, 11) is 0. The molecule has 1 aromatic heterocycles. The summed E-state index contributed by atoms with van der Waals surface area (Å²) in [5, 5.41) is 0. The maximum Gasteiger partial charge on any atom is 0.254 e. The Morgan fingerprint density at radius 3 is 2.90 bits per heavy atom. The van der Waals surface area contributed by atoms with Gasteiger partial charge in [0.15, 0.2) is 0 Å². The van der Waals surface area contributed by atoms with Crippen molar-refractivity contribution in [2.45, 2.75) is 38.4 Å². The van der Waals surface area contributed by atoms with Crippen LogP contribution in [0.15, 0.2) is 12.1 Å². The number of rotatable bonds is 3. The Kier molecular flexibility index (Phi) is 5.11. The summed E-state index contributed by atoms with van der Waals surface area (Å²) in [6.45, 7) is 8.09. The second kappa shape index (κ2) is 6.66. The molecule has 1 aromatic rings. The highest BCUT2D eigenvalue weighted by atomic mass is 32.2. The van der Waals surface area contributed by atoms with Crippen LogP contribution >= 0.6 is 11.8 Å². The van der Waals surface area contributed by atoms with Crippen LogP contribution in [0.4, 0.5) is 5.82 Å². The van der Waals surface area contributed by atoms with Crippen molar-refractivity contribution in [1.29, 1.82) is 0 Å². The van der Waals surface area contributed by atoms with Crippen LogP contribution in [-0.4, -0.2) is 39.4 Å². The van der Waals surface area contributed by atoms with E-state index in [1.54, 1.807) is 6.07 Å². The van der Waals surface area contributed by atoms with Crippen molar-refractivity contribution >= 4 is 23.5 Å². The molecule has 1 amide bonds. The normalized spacial score (nSPS) is 18.2. The summed E-state index contributed by atoms with van der Waals surface area (Å²) >= 11 is 1.93. The molecule has 0 bridgehead atoms. The number of hydrogen-bond acceptors (Lipinski definition) is 5. The molecule has 2 heterocycles. The molecule has 5 nitrogen and oxygen atoms in total. The molecular weight excluding hydrogens is 284 g/mol. The van der Waals surface area contributed by atoms with Gasteiger partial charge in [-0.25, -0.2) is 10.8 Å². The first-order chi connectivity index (χ1) is 9.95. The molecule has 6 heteroatoms. The molecule has 0 unspecified atom stereocenters. The first-order valence-electron chi connectivity index (χ1n) is 7.36. The Balaban J connectivity index is 2.19. The highest BCUT2D eigenvalue weighted by Gasteiger charge is 2.26. The standard InChI is InChI=1S/C15H24N4OS/c1-4-12-9-11(10-13(17-12)18-16)14(20)19-6-5-15(2,3)21-8-7-19/h9-10H,4-8,16H2,1-3H3,(H,17,18). The predicted octanol–water partition coefficient (Wildman–Crippen LogP) is 2.29. The average molecular weight is 308 g/mol. The van der Waals surface area contributed by atoms with Gasteiger partial charge in [-0.3, -0.25) is 4.79 Å². The number of amides is 1. The van der Waals surface area contributed by atoms with Crippen molar-refractivity contribution < 1.29 is 4.79 Å². The third-order valence-corrected chi connectivity index (χ3v) is 5.13. The van der Waals surface area contributed by atoms with Crippen LogP contribution in [0, 0.1) is 0 Å². The Hall–Kier alpha value is -1.27. The fourth-order valence-electron chi connectivity index (χ4n) is 2.37. The molecule has 0 saturated carbocycles. The molecule has 1 aliphatic heterocycles. The number of nitrogen functional groups attached to an aromatic ring is 1. The molecule has 21 heavy (non-hydrogen) atoms. The summed E-state index contributed by atoms with van der Waals surface area (Å²) in [5.41, 5.74) is 4.08. The molecule has 0 aliphatic carbocycles. The van der Waals surface area contributed by atoms with Gasteiger partial charge in [-0.1, -0.05) is 20.8 Å². The minimum Gasteiger partial charge on any atom is -0.338 e. The lowest BCUT2D eigenvalue weighted by atomic mass is 10.1. The lowest BCUT2D eigenvalue weighted by Crippen LogP contribution is -2.33. The number of hydrogen-bond donors (Lipinski definition) is 2. The number of anilines is 1. The van der Waals surface area contributed by atoms with E-state index in [9.17, 15) is 4.79 Å². The number of thioether (sulfide) groups is 1. The Morgan fingerprint density at radius 2 is 2.24 bits per heavy atom. The molecule has 1 fully saturated rings. The smallest absolute Gasteiger partial charge is 0.254 e. The van der Waals surface area contributed by atoms with E-state index in [2.05, 4.69) is 24.3 Å². The number of carbonyl (C=O) groups excluding carboxylic acids is 1. The van der Waals surface area contributed by atoms with E-state index in [0.29, 0.717) is 11.4 Å². The van der Waals surface area contributed by atoms with Gasteiger partial charge in [0.2, 0.25) is 0 Å². The van der Waals surface area contributed by atoms with Crippen LogP contribution in [-0.2, 0) is 6.42 Å². The largest absolute Gasteiger partial charge is 0.338 e. The van der Waals surface area contributed by atoms with E-state index in [-0.39, 0.29) is 10.7 Å². The highest BCUT2D eigenvalue weighted by Crippen LogP contribution is 2.31. The highest BCUT2D eigenvalue weighted by molar-refractivity contribution is 8.00. The molecule has 2 rings (SSSR count). The van der Waals surface area contributed by atoms with Crippen molar-refractivity contribution in [3.05, 3.63) is 23.4 Å². The number of nitrogens with zero attached hydrogens (tertiary/aromatic N) is 2. The van der Waals surface area contributed by atoms with Crippen molar-refractivity contribution in [3.63, 3.8) is 0 Å². The Bertz CT molecular complexity index is 496. The number of nitrogens with two attached hydrogens (primary N) is 1. The summed E-state index contributed by atoms with van der Waals surface area (Å²) in [5.74, 6) is 7.03. The Morgan fingerprint density at radius 1 is 1.48 bits per heavy atom. The van der Waals surface area contributed by atoms with Gasteiger partial charge in [0, 0.05) is 34.8 Å². The zero-order valence-electron chi connectivity index (χ0n) is 13.0. The second-order valence-electron chi connectivity index (χ2n) is 5.88. The lowest BCUT2D eigenvalue weighted by molar-refractivity contribution is 0.0764. The molecular formula is C15H24N4OS. The van der Waals surface area contributed by atoms with Crippen molar-refractivity contribution in [1.82, 2.24) is 9.88 Å². The maximum absolute atomic E-state index is 12.7. The average Bonchev–Trinajstić information content (AvgIpc) is 2.66. The van der Waals surface area contributed by atoms with E-state index < -0.39 is 0 Å². The summed E-state index contributed by atoms with van der Waals surface area (Å²) < 4.78 is 0.242. The first kappa shape index (κ1) is 16.1. The minimum absolute atomic E-state index is 0.0712. The number of nitrogens with one attached hydrogen (secondary N) is 1. The molecule has 116 valence electrons. The van der Waals surface area contributed by atoms with Crippen LogP contribution in [0.1, 0.15) is 43.2 Å². The molecule has 1 aliphatic rings. The fraction of sp³-hybridized carbons (Fsp3) is 0.600. The molecule has 0 radical (unpaired) electrons. The van der Waals surface area contributed by atoms with Gasteiger partial charge < -0.3 is 10.3 Å². The zero-order valence-corrected chi connectivity index (χ0v) is 13.8. The van der Waals surface area contributed by atoms with E-state index in [4.69, 9.17) is 5.84 Å². The zero-order chi connectivity index (χ0) is 15.5. The monoisotopic (exact) mass is 308 g/mol. The van der Waals surface area contributed by atoms with E-state index in [0.717, 1.165) is 37.4 Å². The number of hydrazine groups is 1. The van der Waals surface area contributed by atoms with Crippen LogP contribution in [0.5, 0.6) is 0 Å². The maximum atomic E-state index is 12.7. The van der Waals surface area contributed by atoms with Gasteiger partial charge in [0.1, 0.15) is 5.82 Å². The van der Waals surface area contributed by atoms with Gasteiger partial charge in [0.25, 0.3) is 5.91 Å². The van der Waals surface area contributed by atoms with Gasteiger partial charge in [-0.15, -0.1) is 0 Å². The van der Waals surface area contributed by atoms with Gasteiger partial charge in [-0.2, -0.15) is 11.8 Å². The van der Waals surface area contributed by atoms with E-state index >= 15 is 0 Å². The fourth-order valence-corrected chi connectivity index (χ4v) is 3.47. The molecule has 0 spiro atoms. The minimum atomic E-state index is 0.0712. The molecule has 1 saturated heterocycles. The predicted molar refractivity (Wildman–Crippen MR) is 88.5 cm³/mol. The third-order valence-electron chi connectivity index (χ3n) is 3.76. The van der Waals surface area contributed by atoms with Gasteiger partial charge in [0.05, 0.1) is 0 Å². The molecule has 0 atom stereocenters. The molecule has 3 N–H and O–H groups in total. The first-order valence-corrected chi connectivity index (χ1v) is 8.34. The molecule has 0 aromatic carbocycles. The topological polar surface area (TPSA) is 71.2 Å². The number of aryl methyl sites for hydroxylation is 1. The van der Waals surface area contributed by atoms with E-state index in [1.165, 1.54) is 0 Å². The number of carbonyl (C=O) groups is 1. The SMILES string of the molecule is CCc1cc(C(=O)N2CCSC(C)(C)CC2)cc(NN)n1. The Labute approximate surface area is 130 Å². The van der Waals surface area contributed by atoms with Crippen LogP contribution in [0.25, 0.3) is 0 Å². The van der Waals surface area contributed by atoms with Crippen LogP contribution < -0.4 is 11.3 Å². The van der Waals surface area contributed by atoms with Gasteiger partial charge >= 0.3 is 0 Å². The summed E-state index contributed by atoms with van der Waals surface area (Å²) in [4.78, 5) is 19.0. The van der Waals surface area contributed by atoms with Gasteiger partial charge in [-0.05, 0) is 25.0 Å². The van der Waals surface area contributed by atoms with Crippen molar-refractivity contribution in [2.75, 3.05) is 24.3 Å². The van der Waals surface area contributed by atoms with E-state index in [1.807, 2.05) is 29.7 Å². The second-order valence-corrected chi connectivity index (χ2v) is 7.68.